The van der Waals surface area contributed by atoms with E-state index in [0.29, 0.717) is 13.1 Å². The first-order valence-electron chi connectivity index (χ1n) is 7.94. The highest BCUT2D eigenvalue weighted by Gasteiger charge is 2.45. The largest absolute Gasteiger partial charge is 0.369 e. The smallest absolute Gasteiger partial charge is 0.236 e. The van der Waals surface area contributed by atoms with Crippen LogP contribution in [0.15, 0.2) is 24.3 Å². The van der Waals surface area contributed by atoms with Crippen LogP contribution in [0.1, 0.15) is 20.3 Å². The van der Waals surface area contributed by atoms with E-state index in [2.05, 4.69) is 15.9 Å². The summed E-state index contributed by atoms with van der Waals surface area (Å²) in [6, 6.07) is 7.84. The highest BCUT2D eigenvalue weighted by molar-refractivity contribution is 6.30. The van der Waals surface area contributed by atoms with Crippen LogP contribution in [0, 0.1) is 5.41 Å². The van der Waals surface area contributed by atoms with Gasteiger partial charge in [-0.2, -0.15) is 0 Å². The maximum Gasteiger partial charge on any atom is 0.236 e. The molecular formula is C17H22ClN3O2. The normalized spacial score (nSPS) is 22.0. The number of halogens is 1. The van der Waals surface area contributed by atoms with E-state index in [-0.39, 0.29) is 11.8 Å². The van der Waals surface area contributed by atoms with Gasteiger partial charge in [-0.3, -0.25) is 19.4 Å². The first-order chi connectivity index (χ1) is 10.9. The summed E-state index contributed by atoms with van der Waals surface area (Å²) in [6.45, 7) is 7.45. The average molecular weight is 336 g/mol. The number of rotatable bonds is 3. The van der Waals surface area contributed by atoms with E-state index in [1.54, 1.807) is 0 Å². The van der Waals surface area contributed by atoms with Crippen LogP contribution in [-0.4, -0.2) is 54.5 Å². The molecule has 2 aliphatic rings. The Hall–Kier alpha value is -1.59. The van der Waals surface area contributed by atoms with Gasteiger partial charge < -0.3 is 4.90 Å². The molecule has 1 aromatic carbocycles. The van der Waals surface area contributed by atoms with Gasteiger partial charge in [0, 0.05) is 43.3 Å². The number of hydrogen-bond acceptors (Lipinski definition) is 4. The molecule has 0 aromatic heterocycles. The van der Waals surface area contributed by atoms with Gasteiger partial charge in [0.25, 0.3) is 0 Å². The molecule has 0 unspecified atom stereocenters. The Morgan fingerprint density at radius 1 is 1.13 bits per heavy atom. The Morgan fingerprint density at radius 2 is 1.83 bits per heavy atom. The van der Waals surface area contributed by atoms with Crippen LogP contribution in [0.3, 0.4) is 0 Å². The van der Waals surface area contributed by atoms with Gasteiger partial charge in [0.05, 0.1) is 12.1 Å². The zero-order valence-electron chi connectivity index (χ0n) is 13.6. The third-order valence-corrected chi connectivity index (χ3v) is 4.84. The van der Waals surface area contributed by atoms with Crippen molar-refractivity contribution >= 4 is 29.1 Å². The maximum atomic E-state index is 12.3. The van der Waals surface area contributed by atoms with E-state index < -0.39 is 5.41 Å². The third kappa shape index (κ3) is 3.35. The van der Waals surface area contributed by atoms with Crippen molar-refractivity contribution in [3.8, 4) is 0 Å². The average Bonchev–Trinajstić information content (AvgIpc) is 2.70. The number of carbonyl (C=O) groups is 2. The van der Waals surface area contributed by atoms with Gasteiger partial charge in [0.1, 0.15) is 0 Å². The van der Waals surface area contributed by atoms with Crippen molar-refractivity contribution in [2.24, 2.45) is 5.41 Å². The topological polar surface area (TPSA) is 43.9 Å². The molecule has 1 aromatic rings. The molecule has 124 valence electrons. The lowest BCUT2D eigenvalue weighted by molar-refractivity contribution is -0.143. The Labute approximate surface area is 141 Å². The lowest BCUT2D eigenvalue weighted by Gasteiger charge is -2.37. The molecule has 23 heavy (non-hydrogen) atoms. The van der Waals surface area contributed by atoms with E-state index in [1.165, 1.54) is 4.90 Å². The number of benzene rings is 1. The van der Waals surface area contributed by atoms with Gasteiger partial charge in [-0.05, 0) is 18.2 Å². The van der Waals surface area contributed by atoms with Gasteiger partial charge in [0.2, 0.25) is 11.8 Å². The zero-order valence-corrected chi connectivity index (χ0v) is 14.3. The molecule has 0 radical (unpaired) electrons. The Kier molecular flexibility index (Phi) is 4.34. The lowest BCUT2D eigenvalue weighted by Crippen LogP contribution is -2.51. The summed E-state index contributed by atoms with van der Waals surface area (Å²) in [4.78, 5) is 30.2. The summed E-state index contributed by atoms with van der Waals surface area (Å²) in [5.74, 6) is -0.114. The first-order valence-corrected chi connectivity index (χ1v) is 8.32. The maximum absolute atomic E-state index is 12.3. The minimum Gasteiger partial charge on any atom is -0.369 e. The molecule has 0 aliphatic carbocycles. The Bertz CT molecular complexity index is 624. The zero-order chi connectivity index (χ0) is 16.6. The summed E-state index contributed by atoms with van der Waals surface area (Å²) in [5.41, 5.74) is 0.561. The van der Waals surface area contributed by atoms with Crippen LogP contribution in [0.2, 0.25) is 5.02 Å². The molecule has 0 bridgehead atoms. The second-order valence-electron chi connectivity index (χ2n) is 6.91. The number of anilines is 1. The van der Waals surface area contributed by atoms with Gasteiger partial charge in [-0.1, -0.05) is 31.5 Å². The van der Waals surface area contributed by atoms with Gasteiger partial charge >= 0.3 is 0 Å². The summed E-state index contributed by atoms with van der Waals surface area (Å²) >= 11 is 6.05. The molecule has 0 atom stereocenters. The van der Waals surface area contributed by atoms with E-state index >= 15 is 0 Å². The van der Waals surface area contributed by atoms with Gasteiger partial charge in [-0.15, -0.1) is 0 Å². The molecule has 0 N–H and O–H groups in total. The quantitative estimate of drug-likeness (QED) is 0.794. The van der Waals surface area contributed by atoms with Crippen LogP contribution in [0.5, 0.6) is 0 Å². The minimum atomic E-state index is -0.556. The Balaban J connectivity index is 1.58. The van der Waals surface area contributed by atoms with Crippen LogP contribution in [0.4, 0.5) is 5.69 Å². The lowest BCUT2D eigenvalue weighted by atomic mass is 9.92. The molecular weight excluding hydrogens is 314 g/mol. The van der Waals surface area contributed by atoms with Gasteiger partial charge in [-0.25, -0.2) is 0 Å². The fourth-order valence-corrected chi connectivity index (χ4v) is 3.38. The number of likely N-dealkylation sites (tertiary alicyclic amines) is 1. The van der Waals surface area contributed by atoms with Gasteiger partial charge in [0.15, 0.2) is 0 Å². The number of imide groups is 1. The molecule has 2 heterocycles. The van der Waals surface area contributed by atoms with E-state index in [0.717, 1.165) is 36.9 Å². The van der Waals surface area contributed by atoms with Crippen LogP contribution in [0.25, 0.3) is 0 Å². The van der Waals surface area contributed by atoms with Crippen LogP contribution < -0.4 is 4.90 Å². The summed E-state index contributed by atoms with van der Waals surface area (Å²) < 4.78 is 0. The van der Waals surface area contributed by atoms with Crippen molar-refractivity contribution in [2.75, 3.05) is 37.7 Å². The number of carbonyl (C=O) groups excluding carboxylic acids is 2. The molecule has 3 rings (SSSR count). The van der Waals surface area contributed by atoms with Crippen molar-refractivity contribution in [3.05, 3.63) is 29.3 Å². The SMILES string of the molecule is CC1(C)CC(=O)N(CN2CCN(c3cccc(Cl)c3)CC2)C1=O. The van der Waals surface area contributed by atoms with Crippen molar-refractivity contribution < 1.29 is 9.59 Å². The summed E-state index contributed by atoms with van der Waals surface area (Å²) in [5, 5.41) is 0.737. The van der Waals surface area contributed by atoms with Crippen LogP contribution >= 0.6 is 11.6 Å². The van der Waals surface area contributed by atoms with E-state index in [4.69, 9.17) is 11.6 Å². The standard InChI is InChI=1S/C17H22ClN3O2/c1-17(2)11-15(22)21(16(17)23)12-19-6-8-20(9-7-19)14-5-3-4-13(18)10-14/h3-5,10H,6-9,11-12H2,1-2H3. The van der Waals surface area contributed by atoms with E-state index in [1.807, 2.05) is 32.0 Å². The molecule has 2 fully saturated rings. The molecule has 5 nitrogen and oxygen atoms in total. The highest BCUT2D eigenvalue weighted by Crippen LogP contribution is 2.31. The Morgan fingerprint density at radius 3 is 2.39 bits per heavy atom. The number of hydrogen-bond donors (Lipinski definition) is 0. The predicted molar refractivity (Wildman–Crippen MR) is 90.4 cm³/mol. The first kappa shape index (κ1) is 16.3. The van der Waals surface area contributed by atoms with Crippen molar-refractivity contribution in [3.63, 3.8) is 0 Å². The van der Waals surface area contributed by atoms with Crippen LogP contribution in [-0.2, 0) is 9.59 Å². The molecule has 6 heteroatoms. The number of nitrogens with zero attached hydrogens (tertiary/aromatic N) is 3. The fraction of sp³-hybridized carbons (Fsp3) is 0.529. The molecule has 0 saturated carbocycles. The highest BCUT2D eigenvalue weighted by atomic mass is 35.5. The summed E-state index contributed by atoms with van der Waals surface area (Å²) in [7, 11) is 0. The molecule has 2 aliphatic heterocycles. The third-order valence-electron chi connectivity index (χ3n) is 4.61. The van der Waals surface area contributed by atoms with Crippen molar-refractivity contribution in [2.45, 2.75) is 20.3 Å². The summed E-state index contributed by atoms with van der Waals surface area (Å²) in [6.07, 6.45) is 0.314. The van der Waals surface area contributed by atoms with Crippen molar-refractivity contribution in [1.82, 2.24) is 9.80 Å². The molecule has 2 saturated heterocycles. The number of piperazine rings is 1. The molecule has 0 spiro atoms. The molecule has 2 amide bonds. The number of amides is 2. The van der Waals surface area contributed by atoms with E-state index in [9.17, 15) is 9.59 Å². The second-order valence-corrected chi connectivity index (χ2v) is 7.35. The monoisotopic (exact) mass is 335 g/mol. The fourth-order valence-electron chi connectivity index (χ4n) is 3.19. The second kappa shape index (κ2) is 6.13. The minimum absolute atomic E-state index is 0.0558. The van der Waals surface area contributed by atoms with Crippen molar-refractivity contribution in [1.29, 1.82) is 0 Å². The predicted octanol–water partition coefficient (Wildman–Crippen LogP) is 2.20.